The zero-order valence-electron chi connectivity index (χ0n) is 9.40. The molecule has 1 aliphatic heterocycles. The second-order valence-corrected chi connectivity index (χ2v) is 4.17. The standard InChI is InChI=1S/C10H15ClN4O/c1-7-6-16-4-3-15(7)9-5-8(11)10(12-2)14-13-9/h5,7H,3-4,6H2,1-2H3,(H,12,14)/t7-/m1/s1. The number of ether oxygens (including phenoxy) is 1. The molecule has 0 aliphatic carbocycles. The maximum Gasteiger partial charge on any atom is 0.167 e. The maximum absolute atomic E-state index is 6.07. The van der Waals surface area contributed by atoms with Gasteiger partial charge in [0.15, 0.2) is 11.6 Å². The molecule has 0 spiro atoms. The molecule has 88 valence electrons. The van der Waals surface area contributed by atoms with Crippen LogP contribution in [-0.2, 0) is 4.74 Å². The third-order valence-corrected chi connectivity index (χ3v) is 2.92. The van der Waals surface area contributed by atoms with Gasteiger partial charge in [-0.25, -0.2) is 0 Å². The van der Waals surface area contributed by atoms with Crippen molar-refractivity contribution in [3.8, 4) is 0 Å². The molecule has 0 bridgehead atoms. The van der Waals surface area contributed by atoms with Crippen molar-refractivity contribution in [2.75, 3.05) is 37.0 Å². The second kappa shape index (κ2) is 4.84. The lowest BCUT2D eigenvalue weighted by atomic mass is 10.2. The highest BCUT2D eigenvalue weighted by molar-refractivity contribution is 6.33. The quantitative estimate of drug-likeness (QED) is 0.850. The average Bonchev–Trinajstić information content (AvgIpc) is 2.29. The predicted molar refractivity (Wildman–Crippen MR) is 64.2 cm³/mol. The molecule has 1 aliphatic rings. The summed E-state index contributed by atoms with van der Waals surface area (Å²) in [4.78, 5) is 2.15. The van der Waals surface area contributed by atoms with Crippen molar-refractivity contribution >= 4 is 23.2 Å². The van der Waals surface area contributed by atoms with Crippen LogP contribution >= 0.6 is 11.6 Å². The van der Waals surface area contributed by atoms with E-state index >= 15 is 0 Å². The zero-order valence-corrected chi connectivity index (χ0v) is 10.2. The summed E-state index contributed by atoms with van der Waals surface area (Å²) in [7, 11) is 1.77. The molecular formula is C10H15ClN4O. The van der Waals surface area contributed by atoms with E-state index in [4.69, 9.17) is 16.3 Å². The predicted octanol–water partition coefficient (Wildman–Crippen LogP) is 1.40. The van der Waals surface area contributed by atoms with Gasteiger partial charge in [0.1, 0.15) is 0 Å². The summed E-state index contributed by atoms with van der Waals surface area (Å²) in [6.07, 6.45) is 0. The van der Waals surface area contributed by atoms with Gasteiger partial charge in [-0.05, 0) is 6.92 Å². The monoisotopic (exact) mass is 242 g/mol. The number of hydrogen-bond donors (Lipinski definition) is 1. The van der Waals surface area contributed by atoms with Crippen LogP contribution in [0.1, 0.15) is 6.92 Å². The lowest BCUT2D eigenvalue weighted by Crippen LogP contribution is -2.44. The van der Waals surface area contributed by atoms with Gasteiger partial charge in [-0.15, -0.1) is 10.2 Å². The van der Waals surface area contributed by atoms with Crippen molar-refractivity contribution in [2.24, 2.45) is 0 Å². The van der Waals surface area contributed by atoms with Gasteiger partial charge in [0.2, 0.25) is 0 Å². The molecule has 1 aromatic heterocycles. The van der Waals surface area contributed by atoms with Crippen molar-refractivity contribution < 1.29 is 4.74 Å². The zero-order chi connectivity index (χ0) is 11.5. The number of nitrogens with one attached hydrogen (secondary N) is 1. The first-order valence-electron chi connectivity index (χ1n) is 5.27. The molecule has 2 rings (SSSR count). The Bertz CT molecular complexity index is 374. The van der Waals surface area contributed by atoms with E-state index in [1.807, 2.05) is 6.07 Å². The van der Waals surface area contributed by atoms with E-state index in [9.17, 15) is 0 Å². The van der Waals surface area contributed by atoms with E-state index in [-0.39, 0.29) is 0 Å². The fraction of sp³-hybridized carbons (Fsp3) is 0.600. The fourth-order valence-electron chi connectivity index (χ4n) is 1.74. The average molecular weight is 243 g/mol. The number of anilines is 2. The minimum absolute atomic E-state index is 0.305. The molecule has 1 saturated heterocycles. The van der Waals surface area contributed by atoms with Crippen molar-refractivity contribution in [3.05, 3.63) is 11.1 Å². The highest BCUT2D eigenvalue weighted by atomic mass is 35.5. The molecule has 6 heteroatoms. The first-order chi connectivity index (χ1) is 7.72. The molecule has 1 atom stereocenters. The van der Waals surface area contributed by atoms with Gasteiger partial charge in [-0.2, -0.15) is 0 Å². The number of rotatable bonds is 2. The number of morpholine rings is 1. The third kappa shape index (κ3) is 2.20. The van der Waals surface area contributed by atoms with Crippen molar-refractivity contribution in [2.45, 2.75) is 13.0 Å². The van der Waals surface area contributed by atoms with E-state index in [2.05, 4.69) is 27.3 Å². The lowest BCUT2D eigenvalue weighted by molar-refractivity contribution is 0.0984. The Balaban J connectivity index is 2.22. The van der Waals surface area contributed by atoms with Crippen LogP contribution in [0.2, 0.25) is 5.02 Å². The van der Waals surface area contributed by atoms with Gasteiger partial charge < -0.3 is 15.0 Å². The summed E-state index contributed by atoms with van der Waals surface area (Å²) < 4.78 is 5.37. The number of hydrogen-bond acceptors (Lipinski definition) is 5. The van der Waals surface area contributed by atoms with Crippen LogP contribution < -0.4 is 10.2 Å². The Morgan fingerprint density at radius 2 is 2.38 bits per heavy atom. The van der Waals surface area contributed by atoms with Crippen LogP contribution in [-0.4, -0.2) is 43.0 Å². The first kappa shape index (κ1) is 11.4. The summed E-state index contributed by atoms with van der Waals surface area (Å²) in [5.74, 6) is 1.41. The van der Waals surface area contributed by atoms with Crippen molar-refractivity contribution in [3.63, 3.8) is 0 Å². The number of halogens is 1. The first-order valence-corrected chi connectivity index (χ1v) is 5.65. The molecule has 1 aromatic rings. The smallest absolute Gasteiger partial charge is 0.167 e. The van der Waals surface area contributed by atoms with E-state index in [0.717, 1.165) is 19.0 Å². The van der Waals surface area contributed by atoms with Gasteiger partial charge in [-0.1, -0.05) is 11.6 Å². The Morgan fingerprint density at radius 1 is 1.56 bits per heavy atom. The van der Waals surface area contributed by atoms with Crippen LogP contribution in [0.4, 0.5) is 11.6 Å². The van der Waals surface area contributed by atoms with Gasteiger partial charge in [-0.3, -0.25) is 0 Å². The minimum atomic E-state index is 0.305. The van der Waals surface area contributed by atoms with Crippen molar-refractivity contribution in [1.82, 2.24) is 10.2 Å². The Morgan fingerprint density at radius 3 is 3.00 bits per heavy atom. The second-order valence-electron chi connectivity index (χ2n) is 3.77. The number of nitrogens with zero attached hydrogens (tertiary/aromatic N) is 3. The highest BCUT2D eigenvalue weighted by Gasteiger charge is 2.21. The number of aromatic nitrogens is 2. The van der Waals surface area contributed by atoms with Crippen molar-refractivity contribution in [1.29, 1.82) is 0 Å². The normalized spacial score (nSPS) is 20.9. The summed E-state index contributed by atoms with van der Waals surface area (Å²) in [6.45, 7) is 4.36. The SMILES string of the molecule is CNc1nnc(N2CCOC[C@H]2C)cc1Cl. The third-order valence-electron chi connectivity index (χ3n) is 2.63. The molecule has 0 unspecified atom stereocenters. The Kier molecular flexibility index (Phi) is 3.46. The molecule has 5 nitrogen and oxygen atoms in total. The van der Waals surface area contributed by atoms with Crippen LogP contribution in [0.15, 0.2) is 6.07 Å². The summed E-state index contributed by atoms with van der Waals surface area (Å²) in [5, 5.41) is 11.7. The van der Waals surface area contributed by atoms with Gasteiger partial charge in [0.05, 0.1) is 24.3 Å². The van der Waals surface area contributed by atoms with E-state index < -0.39 is 0 Å². The fourth-order valence-corrected chi connectivity index (χ4v) is 1.97. The van der Waals surface area contributed by atoms with E-state index in [1.54, 1.807) is 7.05 Å². The van der Waals surface area contributed by atoms with Crippen LogP contribution in [0.5, 0.6) is 0 Å². The van der Waals surface area contributed by atoms with Crippen LogP contribution in [0.25, 0.3) is 0 Å². The molecule has 1 N–H and O–H groups in total. The largest absolute Gasteiger partial charge is 0.377 e. The molecule has 0 saturated carbocycles. The summed E-state index contributed by atoms with van der Waals surface area (Å²) >= 11 is 6.07. The summed E-state index contributed by atoms with van der Waals surface area (Å²) in [5.41, 5.74) is 0. The summed E-state index contributed by atoms with van der Waals surface area (Å²) in [6, 6.07) is 2.14. The van der Waals surface area contributed by atoms with Gasteiger partial charge >= 0.3 is 0 Å². The van der Waals surface area contributed by atoms with Gasteiger partial charge in [0, 0.05) is 19.7 Å². The molecule has 0 amide bonds. The minimum Gasteiger partial charge on any atom is -0.377 e. The van der Waals surface area contributed by atoms with E-state index in [0.29, 0.717) is 23.5 Å². The Hall–Kier alpha value is -1.07. The topological polar surface area (TPSA) is 50.3 Å². The van der Waals surface area contributed by atoms with Gasteiger partial charge in [0.25, 0.3) is 0 Å². The highest BCUT2D eigenvalue weighted by Crippen LogP contribution is 2.24. The van der Waals surface area contributed by atoms with Crippen LogP contribution in [0, 0.1) is 0 Å². The molecule has 1 fully saturated rings. The lowest BCUT2D eigenvalue weighted by Gasteiger charge is -2.33. The van der Waals surface area contributed by atoms with Crippen LogP contribution in [0.3, 0.4) is 0 Å². The molecular weight excluding hydrogens is 228 g/mol. The molecule has 2 heterocycles. The Labute approximate surface area is 99.7 Å². The molecule has 16 heavy (non-hydrogen) atoms. The maximum atomic E-state index is 6.07. The molecule has 0 aromatic carbocycles. The van der Waals surface area contributed by atoms with E-state index in [1.165, 1.54) is 0 Å². The molecule has 0 radical (unpaired) electrons.